The monoisotopic (exact) mass is 335 g/mol. The number of amides is 1. The van der Waals surface area contributed by atoms with Gasteiger partial charge >= 0.3 is 0 Å². The maximum absolute atomic E-state index is 11.9. The summed E-state index contributed by atoms with van der Waals surface area (Å²) in [7, 11) is 0. The van der Waals surface area contributed by atoms with E-state index in [0.717, 1.165) is 0 Å². The predicted molar refractivity (Wildman–Crippen MR) is 86.7 cm³/mol. The number of rotatable bonds is 3. The number of anilines is 1. The van der Waals surface area contributed by atoms with Gasteiger partial charge in [-0.1, -0.05) is 29.3 Å². The van der Waals surface area contributed by atoms with Crippen LogP contribution in [0, 0.1) is 0 Å². The Kier molecular flexibility index (Phi) is 4.22. The molecule has 0 atom stereocenters. The molecule has 0 saturated carbocycles. The van der Waals surface area contributed by atoms with E-state index in [2.05, 4.69) is 5.32 Å². The van der Waals surface area contributed by atoms with E-state index in [4.69, 9.17) is 32.7 Å². The van der Waals surface area contributed by atoms with Gasteiger partial charge in [0.15, 0.2) is 11.5 Å². The molecule has 0 aromatic heterocycles. The lowest BCUT2D eigenvalue weighted by atomic mass is 10.2. The normalized spacial score (nSPS) is 12.6. The van der Waals surface area contributed by atoms with Crippen LogP contribution in [-0.2, 0) is 4.79 Å². The van der Waals surface area contributed by atoms with Crippen molar-refractivity contribution >= 4 is 40.9 Å². The first-order valence-corrected chi connectivity index (χ1v) is 7.21. The Hall–Kier alpha value is -2.17. The summed E-state index contributed by atoms with van der Waals surface area (Å²) in [5.74, 6) is 1.01. The molecular formula is C16H11Cl2NO3. The van der Waals surface area contributed by atoms with E-state index in [0.29, 0.717) is 32.8 Å². The van der Waals surface area contributed by atoms with Crippen LogP contribution in [0.5, 0.6) is 11.5 Å². The molecule has 1 N–H and O–H groups in total. The quantitative estimate of drug-likeness (QED) is 0.847. The second kappa shape index (κ2) is 6.30. The second-order valence-corrected chi connectivity index (χ2v) is 5.40. The first-order chi connectivity index (χ1) is 10.6. The van der Waals surface area contributed by atoms with Crippen LogP contribution in [0.25, 0.3) is 6.08 Å². The van der Waals surface area contributed by atoms with Crippen LogP contribution in [0.15, 0.2) is 42.5 Å². The molecule has 0 aliphatic carbocycles. The van der Waals surface area contributed by atoms with E-state index in [1.54, 1.807) is 42.5 Å². The average Bonchev–Trinajstić information content (AvgIpc) is 2.94. The Bertz CT molecular complexity index is 759. The summed E-state index contributed by atoms with van der Waals surface area (Å²) >= 11 is 11.9. The van der Waals surface area contributed by atoms with Crippen molar-refractivity contribution in [1.82, 2.24) is 0 Å². The minimum Gasteiger partial charge on any atom is -0.454 e. The molecule has 1 heterocycles. The molecule has 22 heavy (non-hydrogen) atoms. The van der Waals surface area contributed by atoms with Crippen molar-refractivity contribution in [3.05, 3.63) is 58.1 Å². The second-order valence-electron chi connectivity index (χ2n) is 4.56. The summed E-state index contributed by atoms with van der Waals surface area (Å²) < 4.78 is 10.5. The van der Waals surface area contributed by atoms with E-state index in [1.807, 2.05) is 0 Å². The summed E-state index contributed by atoms with van der Waals surface area (Å²) in [6, 6.07) is 10.3. The number of benzene rings is 2. The summed E-state index contributed by atoms with van der Waals surface area (Å²) in [4.78, 5) is 11.9. The zero-order chi connectivity index (χ0) is 15.5. The first kappa shape index (κ1) is 14.8. The predicted octanol–water partition coefficient (Wildman–Crippen LogP) is 4.37. The summed E-state index contributed by atoms with van der Waals surface area (Å²) in [5.41, 5.74) is 1.34. The smallest absolute Gasteiger partial charge is 0.248 e. The van der Waals surface area contributed by atoms with E-state index in [-0.39, 0.29) is 12.7 Å². The van der Waals surface area contributed by atoms with Gasteiger partial charge < -0.3 is 14.8 Å². The molecule has 4 nitrogen and oxygen atoms in total. The highest BCUT2D eigenvalue weighted by atomic mass is 35.5. The Labute approximate surface area is 137 Å². The number of hydrogen-bond donors (Lipinski definition) is 1. The van der Waals surface area contributed by atoms with Crippen LogP contribution in [0.4, 0.5) is 5.69 Å². The van der Waals surface area contributed by atoms with Gasteiger partial charge in [0.1, 0.15) is 0 Å². The fourth-order valence-corrected chi connectivity index (χ4v) is 2.43. The van der Waals surface area contributed by atoms with Crippen molar-refractivity contribution in [2.75, 3.05) is 12.1 Å². The van der Waals surface area contributed by atoms with Crippen LogP contribution >= 0.6 is 23.2 Å². The van der Waals surface area contributed by atoms with Gasteiger partial charge in [0.2, 0.25) is 12.7 Å². The van der Waals surface area contributed by atoms with Crippen molar-refractivity contribution < 1.29 is 14.3 Å². The number of carbonyl (C=O) groups excluding carboxylic acids is 1. The first-order valence-electron chi connectivity index (χ1n) is 6.45. The summed E-state index contributed by atoms with van der Waals surface area (Å²) in [5, 5.41) is 3.78. The molecule has 2 aromatic rings. The molecule has 0 radical (unpaired) electrons. The fraction of sp³-hybridized carbons (Fsp3) is 0.0625. The number of carbonyl (C=O) groups is 1. The van der Waals surface area contributed by atoms with E-state index in [9.17, 15) is 4.79 Å². The Morgan fingerprint density at radius 1 is 1.09 bits per heavy atom. The fourth-order valence-electron chi connectivity index (χ4n) is 1.96. The number of hydrogen-bond acceptors (Lipinski definition) is 3. The van der Waals surface area contributed by atoms with Gasteiger partial charge in [0.05, 0.1) is 0 Å². The van der Waals surface area contributed by atoms with Gasteiger partial charge in [0.25, 0.3) is 0 Å². The van der Waals surface area contributed by atoms with Crippen molar-refractivity contribution in [3.8, 4) is 11.5 Å². The summed E-state index contributed by atoms with van der Waals surface area (Å²) in [6.07, 6.45) is 3.03. The zero-order valence-corrected chi connectivity index (χ0v) is 12.8. The number of ether oxygens (including phenoxy) is 2. The lowest BCUT2D eigenvalue weighted by Crippen LogP contribution is -2.07. The number of fused-ring (bicyclic) bond motifs is 1. The van der Waals surface area contributed by atoms with Crippen molar-refractivity contribution in [1.29, 1.82) is 0 Å². The Balaban J connectivity index is 1.68. The third kappa shape index (κ3) is 3.35. The van der Waals surface area contributed by atoms with Gasteiger partial charge in [-0.3, -0.25) is 4.79 Å². The molecule has 0 spiro atoms. The summed E-state index contributed by atoms with van der Waals surface area (Å²) in [6.45, 7) is 0.196. The number of nitrogens with one attached hydrogen (secondary N) is 1. The molecule has 3 rings (SSSR count). The van der Waals surface area contributed by atoms with E-state index in [1.165, 1.54) is 6.08 Å². The maximum Gasteiger partial charge on any atom is 0.248 e. The lowest BCUT2D eigenvalue weighted by Gasteiger charge is -2.03. The Morgan fingerprint density at radius 2 is 1.91 bits per heavy atom. The van der Waals surface area contributed by atoms with Crippen LogP contribution in [0.1, 0.15) is 5.56 Å². The van der Waals surface area contributed by atoms with Crippen molar-refractivity contribution in [2.24, 2.45) is 0 Å². The molecule has 0 unspecified atom stereocenters. The van der Waals surface area contributed by atoms with Gasteiger partial charge in [-0.25, -0.2) is 0 Å². The minimum atomic E-state index is -0.273. The van der Waals surface area contributed by atoms with Crippen LogP contribution in [-0.4, -0.2) is 12.7 Å². The standard InChI is InChI=1S/C16H11Cl2NO3/c17-11-3-1-10(13(18)7-11)2-6-16(20)19-12-4-5-14-15(8-12)22-9-21-14/h1-8H,9H2,(H,19,20). The Morgan fingerprint density at radius 3 is 2.73 bits per heavy atom. The zero-order valence-electron chi connectivity index (χ0n) is 11.3. The largest absolute Gasteiger partial charge is 0.454 e. The van der Waals surface area contributed by atoms with Crippen molar-refractivity contribution in [2.45, 2.75) is 0 Å². The van der Waals surface area contributed by atoms with Gasteiger partial charge in [0, 0.05) is 27.9 Å². The molecule has 0 fully saturated rings. The molecular weight excluding hydrogens is 325 g/mol. The van der Waals surface area contributed by atoms with Crippen molar-refractivity contribution in [3.63, 3.8) is 0 Å². The molecule has 0 bridgehead atoms. The molecule has 6 heteroatoms. The average molecular weight is 336 g/mol. The lowest BCUT2D eigenvalue weighted by molar-refractivity contribution is -0.111. The highest BCUT2D eigenvalue weighted by Gasteiger charge is 2.13. The molecule has 0 saturated heterocycles. The SMILES string of the molecule is O=C(C=Cc1ccc(Cl)cc1Cl)Nc1ccc2c(c1)OCO2. The maximum atomic E-state index is 11.9. The van der Waals surface area contributed by atoms with Gasteiger partial charge in [-0.2, -0.15) is 0 Å². The highest BCUT2D eigenvalue weighted by Crippen LogP contribution is 2.34. The molecule has 1 amide bonds. The van der Waals surface area contributed by atoms with Crippen LogP contribution < -0.4 is 14.8 Å². The molecule has 1 aliphatic rings. The third-order valence-electron chi connectivity index (χ3n) is 3.02. The highest BCUT2D eigenvalue weighted by molar-refractivity contribution is 6.35. The van der Waals surface area contributed by atoms with Gasteiger partial charge in [-0.15, -0.1) is 0 Å². The van der Waals surface area contributed by atoms with E-state index < -0.39 is 0 Å². The topological polar surface area (TPSA) is 47.6 Å². The molecule has 2 aromatic carbocycles. The molecule has 1 aliphatic heterocycles. The minimum absolute atomic E-state index is 0.196. The van der Waals surface area contributed by atoms with Crippen LogP contribution in [0.2, 0.25) is 10.0 Å². The van der Waals surface area contributed by atoms with Crippen LogP contribution in [0.3, 0.4) is 0 Å². The number of halogens is 2. The van der Waals surface area contributed by atoms with Gasteiger partial charge in [-0.05, 0) is 35.9 Å². The van der Waals surface area contributed by atoms with E-state index >= 15 is 0 Å². The third-order valence-corrected chi connectivity index (χ3v) is 3.58. The molecule has 112 valence electrons.